The first-order valence-electron chi connectivity index (χ1n) is 9.99. The summed E-state index contributed by atoms with van der Waals surface area (Å²) in [6, 6.07) is 16.8. The van der Waals surface area contributed by atoms with Crippen LogP contribution in [0.2, 0.25) is 0 Å². The molecular weight excluding hydrogens is 414 g/mol. The van der Waals surface area contributed by atoms with Crippen molar-refractivity contribution in [2.45, 2.75) is 18.9 Å². The highest BCUT2D eigenvalue weighted by Gasteiger charge is 2.43. The summed E-state index contributed by atoms with van der Waals surface area (Å²) in [5.41, 5.74) is 1.43. The van der Waals surface area contributed by atoms with E-state index in [1.807, 2.05) is 36.4 Å². The minimum atomic E-state index is -1.43. The zero-order valence-electron chi connectivity index (χ0n) is 18.4. The molecular formula is C24H27NO7. The SMILES string of the molecule is COC(=O)C(C(=O)OC)[C@@H](C)[C@H](NC(=O)C(c1ccccc1)c1ccccc1)C(=O)OC. The lowest BCUT2D eigenvalue weighted by atomic mass is 9.85. The number of carbonyl (C=O) groups is 4. The van der Waals surface area contributed by atoms with E-state index in [-0.39, 0.29) is 0 Å². The van der Waals surface area contributed by atoms with E-state index in [0.29, 0.717) is 11.1 Å². The van der Waals surface area contributed by atoms with Crippen molar-refractivity contribution in [3.05, 3.63) is 71.8 Å². The van der Waals surface area contributed by atoms with Crippen molar-refractivity contribution in [2.24, 2.45) is 11.8 Å². The molecule has 170 valence electrons. The van der Waals surface area contributed by atoms with Gasteiger partial charge in [-0.05, 0) is 11.1 Å². The number of ether oxygens (including phenoxy) is 3. The molecule has 1 amide bonds. The monoisotopic (exact) mass is 441 g/mol. The molecule has 0 aromatic heterocycles. The van der Waals surface area contributed by atoms with E-state index in [4.69, 9.17) is 14.2 Å². The van der Waals surface area contributed by atoms with Gasteiger partial charge in [0.05, 0.1) is 27.2 Å². The molecule has 0 saturated carbocycles. The molecule has 0 heterocycles. The van der Waals surface area contributed by atoms with Crippen molar-refractivity contribution in [1.82, 2.24) is 5.32 Å². The van der Waals surface area contributed by atoms with Crippen molar-refractivity contribution in [3.63, 3.8) is 0 Å². The normalized spacial score (nSPS) is 12.6. The van der Waals surface area contributed by atoms with Crippen LogP contribution in [0, 0.1) is 11.8 Å². The Hall–Kier alpha value is -3.68. The standard InChI is InChI=1S/C24H27NO7/c1-15(18(22(27)30-2)23(28)31-3)20(24(29)32-4)25-21(26)19(16-11-7-5-8-12-16)17-13-9-6-10-14-17/h5-15,18-20H,1-4H3,(H,25,26)/t15-,20+/m1/s1. The van der Waals surface area contributed by atoms with Crippen LogP contribution in [0.5, 0.6) is 0 Å². The number of esters is 3. The van der Waals surface area contributed by atoms with E-state index in [1.165, 1.54) is 6.92 Å². The second kappa shape index (κ2) is 11.6. The summed E-state index contributed by atoms with van der Waals surface area (Å²) in [6.07, 6.45) is 0. The van der Waals surface area contributed by atoms with E-state index < -0.39 is 47.6 Å². The Morgan fingerprint density at radius 2 is 1.09 bits per heavy atom. The Morgan fingerprint density at radius 3 is 1.47 bits per heavy atom. The van der Waals surface area contributed by atoms with Crippen molar-refractivity contribution in [3.8, 4) is 0 Å². The third kappa shape index (κ3) is 5.72. The smallest absolute Gasteiger partial charge is 0.328 e. The third-order valence-corrected chi connectivity index (χ3v) is 5.24. The zero-order chi connectivity index (χ0) is 23.7. The van der Waals surface area contributed by atoms with Gasteiger partial charge >= 0.3 is 17.9 Å². The molecule has 0 aliphatic heterocycles. The van der Waals surface area contributed by atoms with Gasteiger partial charge in [-0.25, -0.2) is 4.79 Å². The Bertz CT molecular complexity index is 874. The molecule has 0 radical (unpaired) electrons. The largest absolute Gasteiger partial charge is 0.468 e. The molecule has 0 aliphatic rings. The Morgan fingerprint density at radius 1 is 0.688 bits per heavy atom. The maximum absolute atomic E-state index is 13.4. The fourth-order valence-electron chi connectivity index (χ4n) is 3.53. The molecule has 2 rings (SSSR count). The molecule has 0 unspecified atom stereocenters. The molecule has 0 fully saturated rings. The lowest BCUT2D eigenvalue weighted by Gasteiger charge is -2.28. The van der Waals surface area contributed by atoms with Gasteiger partial charge in [0.25, 0.3) is 0 Å². The number of benzene rings is 2. The number of hydrogen-bond acceptors (Lipinski definition) is 7. The number of amides is 1. The van der Waals surface area contributed by atoms with Crippen LogP contribution in [-0.4, -0.2) is 51.2 Å². The van der Waals surface area contributed by atoms with Crippen molar-refractivity contribution < 1.29 is 33.4 Å². The minimum Gasteiger partial charge on any atom is -0.468 e. The summed E-state index contributed by atoms with van der Waals surface area (Å²) in [4.78, 5) is 50.5. The van der Waals surface area contributed by atoms with Gasteiger partial charge in [-0.2, -0.15) is 0 Å². The van der Waals surface area contributed by atoms with Crippen molar-refractivity contribution >= 4 is 23.8 Å². The van der Waals surface area contributed by atoms with E-state index in [0.717, 1.165) is 21.3 Å². The minimum absolute atomic E-state index is 0.488. The van der Waals surface area contributed by atoms with E-state index in [2.05, 4.69) is 5.32 Å². The summed E-state index contributed by atoms with van der Waals surface area (Å²) in [7, 11) is 3.40. The predicted octanol–water partition coefficient (Wildman–Crippen LogP) is 2.07. The quantitative estimate of drug-likeness (QED) is 0.361. The van der Waals surface area contributed by atoms with E-state index in [9.17, 15) is 19.2 Å². The highest BCUT2D eigenvalue weighted by Crippen LogP contribution is 2.27. The molecule has 1 N–H and O–H groups in total. The average Bonchev–Trinajstić information content (AvgIpc) is 2.83. The van der Waals surface area contributed by atoms with E-state index in [1.54, 1.807) is 24.3 Å². The molecule has 32 heavy (non-hydrogen) atoms. The predicted molar refractivity (Wildman–Crippen MR) is 115 cm³/mol. The fourth-order valence-corrected chi connectivity index (χ4v) is 3.53. The van der Waals surface area contributed by atoms with Crippen LogP contribution in [0.3, 0.4) is 0 Å². The van der Waals surface area contributed by atoms with E-state index >= 15 is 0 Å². The first-order chi connectivity index (χ1) is 15.3. The summed E-state index contributed by atoms with van der Waals surface area (Å²) in [6.45, 7) is 1.47. The summed E-state index contributed by atoms with van der Waals surface area (Å²) < 4.78 is 14.3. The molecule has 2 aromatic carbocycles. The number of hydrogen-bond donors (Lipinski definition) is 1. The van der Waals surface area contributed by atoms with Gasteiger partial charge in [-0.15, -0.1) is 0 Å². The summed E-state index contributed by atoms with van der Waals surface area (Å²) in [5.74, 6) is -6.21. The number of nitrogens with one attached hydrogen (secondary N) is 1. The number of carbonyl (C=O) groups excluding carboxylic acids is 4. The highest BCUT2D eigenvalue weighted by atomic mass is 16.5. The van der Waals surface area contributed by atoms with Gasteiger partial charge in [0, 0.05) is 5.92 Å². The Kier molecular flexibility index (Phi) is 8.95. The Labute approximate surface area is 186 Å². The molecule has 8 heteroatoms. The second-order valence-corrected chi connectivity index (χ2v) is 7.15. The molecule has 0 saturated heterocycles. The van der Waals surface area contributed by atoms with Crippen LogP contribution in [0.1, 0.15) is 24.0 Å². The topological polar surface area (TPSA) is 108 Å². The molecule has 0 bridgehead atoms. The van der Waals surface area contributed by atoms with Gasteiger partial charge in [0.2, 0.25) is 5.91 Å². The van der Waals surface area contributed by atoms with Crippen molar-refractivity contribution in [1.29, 1.82) is 0 Å². The zero-order valence-corrected chi connectivity index (χ0v) is 18.4. The highest BCUT2D eigenvalue weighted by molar-refractivity contribution is 5.97. The summed E-state index contributed by atoms with van der Waals surface area (Å²) in [5, 5.41) is 2.67. The summed E-state index contributed by atoms with van der Waals surface area (Å²) >= 11 is 0. The fraction of sp³-hybridized carbons (Fsp3) is 0.333. The maximum atomic E-state index is 13.4. The average molecular weight is 441 g/mol. The molecule has 2 aromatic rings. The van der Waals surface area contributed by atoms with Crippen LogP contribution >= 0.6 is 0 Å². The lowest BCUT2D eigenvalue weighted by molar-refractivity contribution is -0.163. The molecule has 0 aliphatic carbocycles. The third-order valence-electron chi connectivity index (χ3n) is 5.24. The van der Waals surface area contributed by atoms with Gasteiger partial charge in [-0.3, -0.25) is 14.4 Å². The maximum Gasteiger partial charge on any atom is 0.328 e. The van der Waals surface area contributed by atoms with Crippen LogP contribution in [0.15, 0.2) is 60.7 Å². The van der Waals surface area contributed by atoms with Crippen molar-refractivity contribution in [2.75, 3.05) is 21.3 Å². The van der Waals surface area contributed by atoms with Gasteiger partial charge < -0.3 is 19.5 Å². The second-order valence-electron chi connectivity index (χ2n) is 7.15. The molecule has 2 atom stereocenters. The van der Waals surface area contributed by atoms with Crippen LogP contribution < -0.4 is 5.32 Å². The van der Waals surface area contributed by atoms with Crippen LogP contribution in [0.4, 0.5) is 0 Å². The first-order valence-corrected chi connectivity index (χ1v) is 9.99. The lowest BCUT2D eigenvalue weighted by Crippen LogP contribution is -2.52. The van der Waals surface area contributed by atoms with Gasteiger partial charge in [0.15, 0.2) is 5.92 Å². The molecule has 8 nitrogen and oxygen atoms in total. The van der Waals surface area contributed by atoms with Gasteiger partial charge in [0.1, 0.15) is 6.04 Å². The number of rotatable bonds is 9. The molecule has 0 spiro atoms. The van der Waals surface area contributed by atoms with Gasteiger partial charge in [-0.1, -0.05) is 67.6 Å². The Balaban J connectivity index is 2.43. The van der Waals surface area contributed by atoms with Crippen LogP contribution in [0.25, 0.3) is 0 Å². The number of methoxy groups -OCH3 is 3. The van der Waals surface area contributed by atoms with Crippen LogP contribution in [-0.2, 0) is 33.4 Å². The first kappa shape index (κ1) is 24.6.